The molecule has 0 aliphatic heterocycles. The molecule has 0 aromatic heterocycles. The average molecular weight is 217 g/mol. The van der Waals surface area contributed by atoms with Gasteiger partial charge in [-0.05, 0) is 25.0 Å². The third kappa shape index (κ3) is 2.63. The number of rotatable bonds is 4. The summed E-state index contributed by atoms with van der Waals surface area (Å²) in [5, 5.41) is 0. The van der Waals surface area contributed by atoms with Crippen molar-refractivity contribution < 1.29 is 4.79 Å². The lowest BCUT2D eigenvalue weighted by Gasteiger charge is -2.20. The second-order valence-corrected chi connectivity index (χ2v) is 4.64. The molecule has 1 aromatic rings. The van der Waals surface area contributed by atoms with Crippen LogP contribution < -0.4 is 4.90 Å². The Labute approximate surface area is 97.3 Å². The highest BCUT2D eigenvalue weighted by molar-refractivity contribution is 5.85. The van der Waals surface area contributed by atoms with Gasteiger partial charge in [0.25, 0.3) is 0 Å². The minimum absolute atomic E-state index is 0.325. The molecule has 0 saturated heterocycles. The van der Waals surface area contributed by atoms with Gasteiger partial charge in [-0.1, -0.05) is 31.0 Å². The van der Waals surface area contributed by atoms with Crippen LogP contribution in [0.2, 0.25) is 0 Å². The number of Topliss-reactive ketones (excluding diaryl/α,β-unsaturated/α-hetero) is 1. The zero-order chi connectivity index (χ0) is 11.4. The molecule has 0 atom stereocenters. The molecule has 86 valence electrons. The molecule has 1 aliphatic carbocycles. The van der Waals surface area contributed by atoms with E-state index in [-0.39, 0.29) is 0 Å². The minimum atomic E-state index is 0.325. The summed E-state index contributed by atoms with van der Waals surface area (Å²) in [4.78, 5) is 14.0. The van der Waals surface area contributed by atoms with Gasteiger partial charge in [-0.25, -0.2) is 0 Å². The summed E-state index contributed by atoms with van der Waals surface area (Å²) in [6, 6.07) is 10.1. The maximum absolute atomic E-state index is 12.0. The molecule has 2 rings (SSSR count). The van der Waals surface area contributed by atoms with Gasteiger partial charge >= 0.3 is 0 Å². The van der Waals surface area contributed by atoms with Gasteiger partial charge in [0.15, 0.2) is 5.78 Å². The van der Waals surface area contributed by atoms with E-state index in [4.69, 9.17) is 0 Å². The molecule has 0 heterocycles. The van der Waals surface area contributed by atoms with Gasteiger partial charge in [0.1, 0.15) is 0 Å². The number of hydrogen-bond donors (Lipinski definition) is 0. The van der Waals surface area contributed by atoms with Gasteiger partial charge in [0.05, 0.1) is 6.54 Å². The van der Waals surface area contributed by atoms with E-state index in [0.717, 1.165) is 18.5 Å². The lowest BCUT2D eigenvalue weighted by molar-refractivity contribution is -0.121. The summed E-state index contributed by atoms with van der Waals surface area (Å²) in [7, 11) is 1.99. The van der Waals surface area contributed by atoms with Gasteiger partial charge in [0.2, 0.25) is 0 Å². The van der Waals surface area contributed by atoms with Gasteiger partial charge in [0, 0.05) is 18.7 Å². The predicted octanol–water partition coefficient (Wildman–Crippen LogP) is 2.88. The topological polar surface area (TPSA) is 20.3 Å². The Morgan fingerprint density at radius 3 is 2.50 bits per heavy atom. The van der Waals surface area contributed by atoms with E-state index in [0.29, 0.717) is 18.2 Å². The van der Waals surface area contributed by atoms with Crippen molar-refractivity contribution in [1.82, 2.24) is 0 Å². The van der Waals surface area contributed by atoms with Gasteiger partial charge in [-0.3, -0.25) is 4.79 Å². The Bertz CT molecular complexity index is 341. The SMILES string of the molecule is CN(CC(=O)C1CCCC1)c1ccccc1. The zero-order valence-electron chi connectivity index (χ0n) is 9.86. The molecule has 1 aliphatic rings. The second kappa shape index (κ2) is 5.15. The molecule has 0 N–H and O–H groups in total. The van der Waals surface area contributed by atoms with E-state index in [1.54, 1.807) is 0 Å². The van der Waals surface area contributed by atoms with Crippen LogP contribution in [0.25, 0.3) is 0 Å². The van der Waals surface area contributed by atoms with Crippen LogP contribution in [0.3, 0.4) is 0 Å². The summed E-state index contributed by atoms with van der Waals surface area (Å²) in [6.45, 7) is 0.550. The molecular formula is C14H19NO. The monoisotopic (exact) mass is 217 g/mol. The first-order valence-corrected chi connectivity index (χ1v) is 6.06. The molecule has 0 unspecified atom stereocenters. The third-order valence-electron chi connectivity index (χ3n) is 3.40. The van der Waals surface area contributed by atoms with E-state index in [9.17, 15) is 4.79 Å². The molecule has 2 heteroatoms. The number of nitrogens with zero attached hydrogens (tertiary/aromatic N) is 1. The smallest absolute Gasteiger partial charge is 0.155 e. The minimum Gasteiger partial charge on any atom is -0.367 e. The van der Waals surface area contributed by atoms with Crippen LogP contribution in [0.5, 0.6) is 0 Å². The van der Waals surface area contributed by atoms with Crippen molar-refractivity contribution in [3.05, 3.63) is 30.3 Å². The number of carbonyl (C=O) groups excluding carboxylic acids is 1. The van der Waals surface area contributed by atoms with Crippen LogP contribution in [0, 0.1) is 5.92 Å². The second-order valence-electron chi connectivity index (χ2n) is 4.64. The summed E-state index contributed by atoms with van der Waals surface area (Å²) >= 11 is 0. The lowest BCUT2D eigenvalue weighted by atomic mass is 10.0. The summed E-state index contributed by atoms with van der Waals surface area (Å²) in [6.07, 6.45) is 4.65. The molecule has 1 saturated carbocycles. The Morgan fingerprint density at radius 2 is 1.88 bits per heavy atom. The number of ketones is 1. The fourth-order valence-corrected chi connectivity index (χ4v) is 2.38. The van der Waals surface area contributed by atoms with E-state index in [1.807, 2.05) is 42.3 Å². The standard InChI is InChI=1S/C14H19NO/c1-15(13-9-3-2-4-10-13)11-14(16)12-7-5-6-8-12/h2-4,9-10,12H,5-8,11H2,1H3. The summed E-state index contributed by atoms with van der Waals surface area (Å²) in [5.41, 5.74) is 1.12. The molecule has 0 amide bonds. The zero-order valence-corrected chi connectivity index (χ0v) is 9.86. The van der Waals surface area contributed by atoms with Crippen LogP contribution in [-0.4, -0.2) is 19.4 Å². The van der Waals surface area contributed by atoms with Gasteiger partial charge < -0.3 is 4.90 Å². The van der Waals surface area contributed by atoms with Crippen molar-refractivity contribution in [2.45, 2.75) is 25.7 Å². The van der Waals surface area contributed by atoms with Crippen molar-refractivity contribution in [3.8, 4) is 0 Å². The quantitative estimate of drug-likeness (QED) is 0.773. The number of hydrogen-bond acceptors (Lipinski definition) is 2. The van der Waals surface area contributed by atoms with Crippen molar-refractivity contribution in [2.24, 2.45) is 5.92 Å². The first kappa shape index (κ1) is 11.2. The normalized spacial score (nSPS) is 16.3. The summed E-state index contributed by atoms with van der Waals surface area (Å²) < 4.78 is 0. The largest absolute Gasteiger partial charge is 0.367 e. The number of anilines is 1. The molecule has 0 radical (unpaired) electrons. The highest BCUT2D eigenvalue weighted by Gasteiger charge is 2.23. The van der Waals surface area contributed by atoms with Crippen molar-refractivity contribution in [1.29, 1.82) is 0 Å². The molecule has 0 bridgehead atoms. The summed E-state index contributed by atoms with van der Waals surface area (Å²) in [5.74, 6) is 0.731. The molecule has 2 nitrogen and oxygen atoms in total. The van der Waals surface area contributed by atoms with E-state index >= 15 is 0 Å². The van der Waals surface area contributed by atoms with Crippen LogP contribution in [0.15, 0.2) is 30.3 Å². The van der Waals surface area contributed by atoms with Crippen molar-refractivity contribution in [3.63, 3.8) is 0 Å². The number of carbonyl (C=O) groups is 1. The van der Waals surface area contributed by atoms with Crippen LogP contribution in [0.1, 0.15) is 25.7 Å². The highest BCUT2D eigenvalue weighted by Crippen LogP contribution is 2.26. The van der Waals surface area contributed by atoms with Crippen LogP contribution >= 0.6 is 0 Å². The number of likely N-dealkylation sites (N-methyl/N-ethyl adjacent to an activating group) is 1. The van der Waals surface area contributed by atoms with Crippen molar-refractivity contribution in [2.75, 3.05) is 18.5 Å². The van der Waals surface area contributed by atoms with Crippen LogP contribution in [-0.2, 0) is 4.79 Å². The number of benzene rings is 1. The lowest BCUT2D eigenvalue weighted by Crippen LogP contribution is -2.29. The Hall–Kier alpha value is -1.31. The van der Waals surface area contributed by atoms with Gasteiger partial charge in [-0.2, -0.15) is 0 Å². The average Bonchev–Trinajstić information content (AvgIpc) is 2.83. The molecule has 16 heavy (non-hydrogen) atoms. The molecule has 1 fully saturated rings. The number of para-hydroxylation sites is 1. The Balaban J connectivity index is 1.92. The third-order valence-corrected chi connectivity index (χ3v) is 3.40. The van der Waals surface area contributed by atoms with Crippen molar-refractivity contribution >= 4 is 11.5 Å². The van der Waals surface area contributed by atoms with E-state index in [1.165, 1.54) is 12.8 Å². The Kier molecular flexibility index (Phi) is 3.60. The van der Waals surface area contributed by atoms with E-state index < -0.39 is 0 Å². The first-order chi connectivity index (χ1) is 7.77. The highest BCUT2D eigenvalue weighted by atomic mass is 16.1. The Morgan fingerprint density at radius 1 is 1.25 bits per heavy atom. The molecular weight excluding hydrogens is 198 g/mol. The molecule has 0 spiro atoms. The first-order valence-electron chi connectivity index (χ1n) is 6.06. The maximum Gasteiger partial charge on any atom is 0.155 e. The van der Waals surface area contributed by atoms with Gasteiger partial charge in [-0.15, -0.1) is 0 Å². The fraction of sp³-hybridized carbons (Fsp3) is 0.500. The predicted molar refractivity (Wildman–Crippen MR) is 66.7 cm³/mol. The molecule has 1 aromatic carbocycles. The van der Waals surface area contributed by atoms with Crippen LogP contribution in [0.4, 0.5) is 5.69 Å². The maximum atomic E-state index is 12.0. The van der Waals surface area contributed by atoms with E-state index in [2.05, 4.69) is 0 Å². The fourth-order valence-electron chi connectivity index (χ4n) is 2.38.